The summed E-state index contributed by atoms with van der Waals surface area (Å²) in [5, 5.41) is 3.44. The summed E-state index contributed by atoms with van der Waals surface area (Å²) in [7, 11) is 0. The summed E-state index contributed by atoms with van der Waals surface area (Å²) in [6, 6.07) is 2.63. The fraction of sp³-hybridized carbons (Fsp3) is 0.750. The summed E-state index contributed by atoms with van der Waals surface area (Å²) in [6.45, 7) is 15.2. The molecule has 3 heteroatoms. The zero-order chi connectivity index (χ0) is 14.3. The highest BCUT2D eigenvalue weighted by Crippen LogP contribution is 2.16. The van der Waals surface area contributed by atoms with Crippen molar-refractivity contribution in [2.45, 2.75) is 60.2 Å². The predicted molar refractivity (Wildman–Crippen MR) is 81.1 cm³/mol. The van der Waals surface area contributed by atoms with Gasteiger partial charge in [-0.2, -0.15) is 0 Å². The average molecular weight is 266 g/mol. The second kappa shape index (κ2) is 8.39. The van der Waals surface area contributed by atoms with E-state index in [1.165, 1.54) is 12.0 Å². The van der Waals surface area contributed by atoms with E-state index in [1.807, 2.05) is 6.26 Å². The molecule has 0 aliphatic heterocycles. The lowest BCUT2D eigenvalue weighted by Gasteiger charge is -2.27. The van der Waals surface area contributed by atoms with E-state index < -0.39 is 0 Å². The quantitative estimate of drug-likeness (QED) is 0.692. The van der Waals surface area contributed by atoms with Gasteiger partial charge in [-0.05, 0) is 38.8 Å². The fourth-order valence-electron chi connectivity index (χ4n) is 2.17. The lowest BCUT2D eigenvalue weighted by Crippen LogP contribution is -2.33. The monoisotopic (exact) mass is 266 g/mol. The molecule has 0 aliphatic rings. The largest absolute Gasteiger partial charge is 0.468 e. The molecule has 110 valence electrons. The molecule has 0 aliphatic carbocycles. The van der Waals surface area contributed by atoms with Crippen molar-refractivity contribution in [3.05, 3.63) is 23.7 Å². The molecule has 0 saturated carbocycles. The fourth-order valence-corrected chi connectivity index (χ4v) is 2.17. The molecular weight excluding hydrogens is 236 g/mol. The van der Waals surface area contributed by atoms with Crippen LogP contribution in [0.3, 0.4) is 0 Å². The molecule has 1 rings (SSSR count). The summed E-state index contributed by atoms with van der Waals surface area (Å²) in [5.41, 5.74) is 1.29. The van der Waals surface area contributed by atoms with E-state index in [4.69, 9.17) is 4.42 Å². The number of rotatable bonds is 9. The molecule has 0 saturated heterocycles. The smallest absolute Gasteiger partial charge is 0.122 e. The van der Waals surface area contributed by atoms with Gasteiger partial charge in [-0.1, -0.05) is 20.8 Å². The van der Waals surface area contributed by atoms with Crippen LogP contribution in [0.5, 0.6) is 0 Å². The normalized spacial score (nSPS) is 12.0. The molecule has 0 fully saturated rings. The lowest BCUT2D eigenvalue weighted by molar-refractivity contribution is 0.174. The van der Waals surface area contributed by atoms with Gasteiger partial charge in [-0.3, -0.25) is 4.90 Å². The summed E-state index contributed by atoms with van der Waals surface area (Å²) in [4.78, 5) is 2.48. The highest BCUT2D eigenvalue weighted by Gasteiger charge is 2.15. The average Bonchev–Trinajstić information content (AvgIpc) is 2.75. The van der Waals surface area contributed by atoms with Crippen molar-refractivity contribution >= 4 is 0 Å². The minimum atomic E-state index is 0.545. The number of nitrogens with zero attached hydrogens (tertiary/aromatic N) is 1. The van der Waals surface area contributed by atoms with Crippen molar-refractivity contribution in [3.63, 3.8) is 0 Å². The minimum Gasteiger partial charge on any atom is -0.468 e. The molecule has 0 amide bonds. The molecule has 0 spiro atoms. The SMILES string of the molecule is CCCNCc1ccoc1CN(CC(C)C)C(C)C. The molecule has 1 aromatic rings. The maximum absolute atomic E-state index is 5.68. The third-order valence-electron chi connectivity index (χ3n) is 3.26. The van der Waals surface area contributed by atoms with Gasteiger partial charge in [0.1, 0.15) is 5.76 Å². The molecule has 1 aromatic heterocycles. The van der Waals surface area contributed by atoms with Gasteiger partial charge in [-0.15, -0.1) is 0 Å². The first-order valence-electron chi connectivity index (χ1n) is 7.54. The Hall–Kier alpha value is -0.800. The predicted octanol–water partition coefficient (Wildman–Crippen LogP) is 3.65. The molecule has 0 aromatic carbocycles. The van der Waals surface area contributed by atoms with Gasteiger partial charge in [-0.25, -0.2) is 0 Å². The van der Waals surface area contributed by atoms with Gasteiger partial charge in [0.05, 0.1) is 12.8 Å². The summed E-state index contributed by atoms with van der Waals surface area (Å²) >= 11 is 0. The third-order valence-corrected chi connectivity index (χ3v) is 3.26. The first-order valence-corrected chi connectivity index (χ1v) is 7.54. The Morgan fingerprint density at radius 2 is 2.00 bits per heavy atom. The van der Waals surface area contributed by atoms with Crippen molar-refractivity contribution < 1.29 is 4.42 Å². The van der Waals surface area contributed by atoms with Crippen molar-refractivity contribution in [2.75, 3.05) is 13.1 Å². The second-order valence-corrected chi connectivity index (χ2v) is 5.96. The highest BCUT2D eigenvalue weighted by molar-refractivity contribution is 5.16. The van der Waals surface area contributed by atoms with Crippen molar-refractivity contribution in [2.24, 2.45) is 5.92 Å². The van der Waals surface area contributed by atoms with Crippen LogP contribution in [0, 0.1) is 5.92 Å². The van der Waals surface area contributed by atoms with Gasteiger partial charge in [0.2, 0.25) is 0 Å². The molecule has 0 atom stereocenters. The van der Waals surface area contributed by atoms with E-state index in [0.717, 1.165) is 31.9 Å². The zero-order valence-electron chi connectivity index (χ0n) is 13.2. The van der Waals surface area contributed by atoms with Crippen molar-refractivity contribution in [1.82, 2.24) is 10.2 Å². The molecule has 1 N–H and O–H groups in total. The van der Waals surface area contributed by atoms with E-state index >= 15 is 0 Å². The van der Waals surface area contributed by atoms with Crippen LogP contribution in [-0.2, 0) is 13.1 Å². The van der Waals surface area contributed by atoms with E-state index in [0.29, 0.717) is 12.0 Å². The van der Waals surface area contributed by atoms with Gasteiger partial charge in [0.15, 0.2) is 0 Å². The number of furan rings is 1. The summed E-state index contributed by atoms with van der Waals surface area (Å²) in [6.07, 6.45) is 2.98. The topological polar surface area (TPSA) is 28.4 Å². The Kier molecular flexibility index (Phi) is 7.17. The number of hydrogen-bond acceptors (Lipinski definition) is 3. The molecule has 19 heavy (non-hydrogen) atoms. The van der Waals surface area contributed by atoms with Gasteiger partial charge in [0, 0.05) is 24.7 Å². The van der Waals surface area contributed by atoms with Crippen molar-refractivity contribution in [1.29, 1.82) is 0 Å². The van der Waals surface area contributed by atoms with Crippen LogP contribution in [0.15, 0.2) is 16.7 Å². The highest BCUT2D eigenvalue weighted by atomic mass is 16.3. The van der Waals surface area contributed by atoms with E-state index in [-0.39, 0.29) is 0 Å². The molecule has 0 unspecified atom stereocenters. The summed E-state index contributed by atoms with van der Waals surface area (Å²) < 4.78 is 5.68. The van der Waals surface area contributed by atoms with E-state index in [1.54, 1.807) is 0 Å². The van der Waals surface area contributed by atoms with Crippen LogP contribution in [0.4, 0.5) is 0 Å². The zero-order valence-corrected chi connectivity index (χ0v) is 13.2. The molecule has 0 radical (unpaired) electrons. The molecule has 0 bridgehead atoms. The number of nitrogens with one attached hydrogen (secondary N) is 1. The standard InChI is InChI=1S/C16H30N2O/c1-6-8-17-10-15-7-9-19-16(15)12-18(14(4)5)11-13(2)3/h7,9,13-14,17H,6,8,10-12H2,1-5H3. The summed E-state index contributed by atoms with van der Waals surface area (Å²) in [5.74, 6) is 1.79. The second-order valence-electron chi connectivity index (χ2n) is 5.96. The maximum atomic E-state index is 5.68. The maximum Gasteiger partial charge on any atom is 0.122 e. The Morgan fingerprint density at radius 1 is 1.26 bits per heavy atom. The Bertz CT molecular complexity index is 344. The van der Waals surface area contributed by atoms with E-state index in [2.05, 4.69) is 50.9 Å². The van der Waals surface area contributed by atoms with Crippen LogP contribution < -0.4 is 5.32 Å². The number of hydrogen-bond donors (Lipinski definition) is 1. The first-order chi connectivity index (χ1) is 9.04. The molecule has 1 heterocycles. The van der Waals surface area contributed by atoms with Crippen LogP contribution in [0.25, 0.3) is 0 Å². The van der Waals surface area contributed by atoms with Crippen LogP contribution in [0.1, 0.15) is 52.4 Å². The van der Waals surface area contributed by atoms with Crippen LogP contribution in [-0.4, -0.2) is 24.0 Å². The molecule has 3 nitrogen and oxygen atoms in total. The van der Waals surface area contributed by atoms with E-state index in [9.17, 15) is 0 Å². The third kappa shape index (κ3) is 5.79. The van der Waals surface area contributed by atoms with Gasteiger partial charge >= 0.3 is 0 Å². The van der Waals surface area contributed by atoms with Crippen LogP contribution in [0.2, 0.25) is 0 Å². The van der Waals surface area contributed by atoms with Gasteiger partial charge < -0.3 is 9.73 Å². The Labute approximate surface area is 118 Å². The lowest BCUT2D eigenvalue weighted by atomic mass is 10.1. The Morgan fingerprint density at radius 3 is 2.58 bits per heavy atom. The molecular formula is C16H30N2O. The van der Waals surface area contributed by atoms with Crippen LogP contribution >= 0.6 is 0 Å². The van der Waals surface area contributed by atoms with Crippen molar-refractivity contribution in [3.8, 4) is 0 Å². The van der Waals surface area contributed by atoms with Gasteiger partial charge in [0.25, 0.3) is 0 Å². The first kappa shape index (κ1) is 16.3. The Balaban J connectivity index is 2.60. The minimum absolute atomic E-state index is 0.545.